The largest absolute Gasteiger partial charge is 0.504 e. The van der Waals surface area contributed by atoms with Crippen molar-refractivity contribution in [2.45, 2.75) is 25.4 Å². The van der Waals surface area contributed by atoms with Gasteiger partial charge in [-0.05, 0) is 47.9 Å². The Kier molecular flexibility index (Phi) is 6.15. The second-order valence-electron chi connectivity index (χ2n) is 6.16. The molecule has 0 fully saturated rings. The van der Waals surface area contributed by atoms with Crippen molar-refractivity contribution in [2.75, 3.05) is 0 Å². The van der Waals surface area contributed by atoms with E-state index in [1.165, 1.54) is 42.5 Å². The fourth-order valence-electron chi connectivity index (χ4n) is 2.55. The van der Waals surface area contributed by atoms with E-state index in [2.05, 4.69) is 0 Å². The lowest BCUT2D eigenvalue weighted by molar-refractivity contribution is -0.175. The summed E-state index contributed by atoms with van der Waals surface area (Å²) in [5.74, 6) is -3.71. The quantitative estimate of drug-likeness (QED) is 0.276. The Hall–Kier alpha value is -3.68. The van der Waals surface area contributed by atoms with E-state index in [-0.39, 0.29) is 30.1 Å². The fourth-order valence-corrected chi connectivity index (χ4v) is 2.55. The van der Waals surface area contributed by atoms with Crippen molar-refractivity contribution in [3.8, 4) is 23.0 Å². The molecule has 2 aromatic carbocycles. The first-order chi connectivity index (χ1) is 13.2. The van der Waals surface area contributed by atoms with Crippen LogP contribution in [0.1, 0.15) is 24.5 Å². The zero-order valence-electron chi connectivity index (χ0n) is 15.0. The van der Waals surface area contributed by atoms with E-state index in [4.69, 9.17) is 4.74 Å². The topological polar surface area (TPSA) is 145 Å². The Morgan fingerprint density at radius 1 is 0.964 bits per heavy atom. The molecule has 28 heavy (non-hydrogen) atoms. The van der Waals surface area contributed by atoms with Gasteiger partial charge >= 0.3 is 11.9 Å². The monoisotopic (exact) mass is 388 g/mol. The van der Waals surface area contributed by atoms with Crippen molar-refractivity contribution in [3.05, 3.63) is 53.6 Å². The molecular weight excluding hydrogens is 368 g/mol. The standard InChI is InChI=1S/C20H20O8/c1-2-20(19(26)27,11-13-4-7-15(22)17(24)10-13)28-18(25)8-5-12-3-6-14(21)16(23)9-12/h3-10,21-24H,2,11H2,1H3,(H,26,27). The maximum absolute atomic E-state index is 12.2. The van der Waals surface area contributed by atoms with Crippen LogP contribution in [0.3, 0.4) is 0 Å². The Balaban J connectivity index is 2.21. The van der Waals surface area contributed by atoms with E-state index in [0.717, 1.165) is 6.08 Å². The number of carboxylic acid groups (broad SMARTS) is 1. The highest BCUT2D eigenvalue weighted by Gasteiger charge is 2.41. The summed E-state index contributed by atoms with van der Waals surface area (Å²) < 4.78 is 5.22. The minimum Gasteiger partial charge on any atom is -0.504 e. The zero-order valence-corrected chi connectivity index (χ0v) is 15.0. The number of phenols is 4. The lowest BCUT2D eigenvalue weighted by atomic mass is 9.91. The molecule has 0 heterocycles. The summed E-state index contributed by atoms with van der Waals surface area (Å²) in [7, 11) is 0. The highest BCUT2D eigenvalue weighted by atomic mass is 16.6. The molecule has 148 valence electrons. The van der Waals surface area contributed by atoms with Crippen LogP contribution in [0, 0.1) is 0 Å². The van der Waals surface area contributed by atoms with Gasteiger partial charge in [-0.15, -0.1) is 0 Å². The zero-order chi connectivity index (χ0) is 20.9. The summed E-state index contributed by atoms with van der Waals surface area (Å²) in [6.07, 6.45) is 2.05. The molecule has 0 aliphatic carbocycles. The summed E-state index contributed by atoms with van der Waals surface area (Å²) >= 11 is 0. The van der Waals surface area contributed by atoms with Gasteiger partial charge in [0.2, 0.25) is 5.60 Å². The normalized spacial score (nSPS) is 13.2. The molecule has 0 aliphatic heterocycles. The molecule has 0 amide bonds. The maximum atomic E-state index is 12.2. The van der Waals surface area contributed by atoms with Gasteiger partial charge in [0.15, 0.2) is 23.0 Å². The molecule has 0 aliphatic rings. The Morgan fingerprint density at radius 3 is 2.11 bits per heavy atom. The van der Waals surface area contributed by atoms with Gasteiger partial charge in [0.1, 0.15) is 0 Å². The van der Waals surface area contributed by atoms with E-state index in [0.29, 0.717) is 11.1 Å². The minimum absolute atomic E-state index is 0.0381. The number of esters is 1. The third-order valence-electron chi connectivity index (χ3n) is 4.20. The highest BCUT2D eigenvalue weighted by Crippen LogP contribution is 2.30. The van der Waals surface area contributed by atoms with Crippen LogP contribution in [0.4, 0.5) is 0 Å². The smallest absolute Gasteiger partial charge is 0.348 e. The van der Waals surface area contributed by atoms with Crippen molar-refractivity contribution >= 4 is 18.0 Å². The summed E-state index contributed by atoms with van der Waals surface area (Å²) in [6, 6.07) is 7.75. The van der Waals surface area contributed by atoms with Crippen molar-refractivity contribution in [2.24, 2.45) is 0 Å². The number of hydrogen-bond acceptors (Lipinski definition) is 7. The van der Waals surface area contributed by atoms with Crippen LogP contribution < -0.4 is 0 Å². The van der Waals surface area contributed by atoms with Crippen molar-refractivity contribution in [1.29, 1.82) is 0 Å². The summed E-state index contributed by atoms with van der Waals surface area (Å²) in [6.45, 7) is 1.55. The first-order valence-electron chi connectivity index (χ1n) is 8.34. The molecule has 0 aromatic heterocycles. The number of aliphatic carboxylic acids is 1. The molecule has 5 N–H and O–H groups in total. The molecule has 0 saturated carbocycles. The first kappa shape index (κ1) is 20.6. The Labute approximate surface area is 160 Å². The molecule has 1 unspecified atom stereocenters. The molecule has 8 heteroatoms. The van der Waals surface area contributed by atoms with Gasteiger partial charge in [-0.25, -0.2) is 9.59 Å². The summed E-state index contributed by atoms with van der Waals surface area (Å²) in [4.78, 5) is 24.0. The predicted molar refractivity (Wildman–Crippen MR) is 99.0 cm³/mol. The molecule has 0 bridgehead atoms. The van der Waals surface area contributed by atoms with Gasteiger partial charge in [-0.1, -0.05) is 19.1 Å². The van der Waals surface area contributed by atoms with Gasteiger partial charge in [0, 0.05) is 12.5 Å². The number of carbonyl (C=O) groups is 2. The lowest BCUT2D eigenvalue weighted by Crippen LogP contribution is -2.44. The molecule has 2 aromatic rings. The van der Waals surface area contributed by atoms with Crippen molar-refractivity contribution in [3.63, 3.8) is 0 Å². The van der Waals surface area contributed by atoms with E-state index in [9.17, 15) is 35.1 Å². The molecule has 0 saturated heterocycles. The second-order valence-corrected chi connectivity index (χ2v) is 6.16. The van der Waals surface area contributed by atoms with Crippen molar-refractivity contribution < 1.29 is 39.9 Å². The van der Waals surface area contributed by atoms with E-state index in [1.54, 1.807) is 6.92 Å². The van der Waals surface area contributed by atoms with Crippen LogP contribution in [-0.4, -0.2) is 43.1 Å². The number of aromatic hydroxyl groups is 4. The Morgan fingerprint density at radius 2 is 1.57 bits per heavy atom. The van der Waals surface area contributed by atoms with Crippen LogP contribution in [0.2, 0.25) is 0 Å². The van der Waals surface area contributed by atoms with Gasteiger partial charge in [-0.2, -0.15) is 0 Å². The van der Waals surface area contributed by atoms with Crippen LogP contribution >= 0.6 is 0 Å². The SMILES string of the molecule is CCC(Cc1ccc(O)c(O)c1)(OC(=O)C=Cc1ccc(O)c(O)c1)C(=O)O. The average molecular weight is 388 g/mol. The molecule has 1 atom stereocenters. The van der Waals surface area contributed by atoms with E-state index < -0.39 is 23.3 Å². The summed E-state index contributed by atoms with van der Waals surface area (Å²) in [5.41, 5.74) is -1.12. The van der Waals surface area contributed by atoms with E-state index in [1.807, 2.05) is 0 Å². The molecule has 0 radical (unpaired) electrons. The number of hydrogen-bond donors (Lipinski definition) is 5. The van der Waals surface area contributed by atoms with Gasteiger partial charge in [0.05, 0.1) is 0 Å². The molecular formula is C20H20O8. The molecule has 0 spiro atoms. The van der Waals surface area contributed by atoms with Gasteiger partial charge in [-0.3, -0.25) is 0 Å². The van der Waals surface area contributed by atoms with E-state index >= 15 is 0 Å². The molecule has 8 nitrogen and oxygen atoms in total. The highest BCUT2D eigenvalue weighted by molar-refractivity contribution is 5.90. The van der Waals surface area contributed by atoms with Crippen LogP contribution in [0.5, 0.6) is 23.0 Å². The summed E-state index contributed by atoms with van der Waals surface area (Å²) in [5, 5.41) is 47.3. The third-order valence-corrected chi connectivity index (χ3v) is 4.20. The average Bonchev–Trinajstić information content (AvgIpc) is 2.65. The van der Waals surface area contributed by atoms with Crippen LogP contribution in [0.25, 0.3) is 6.08 Å². The predicted octanol–water partition coefficient (Wildman–Crippen LogP) is 2.54. The van der Waals surface area contributed by atoms with Crippen LogP contribution in [-0.2, 0) is 20.7 Å². The first-order valence-corrected chi connectivity index (χ1v) is 8.34. The Bertz CT molecular complexity index is 918. The third kappa shape index (κ3) is 4.73. The molecule has 2 rings (SSSR count). The van der Waals surface area contributed by atoms with Gasteiger partial charge in [0.25, 0.3) is 0 Å². The van der Waals surface area contributed by atoms with Gasteiger partial charge < -0.3 is 30.3 Å². The number of benzene rings is 2. The number of carbonyl (C=O) groups excluding carboxylic acids is 1. The maximum Gasteiger partial charge on any atom is 0.348 e. The second kappa shape index (κ2) is 8.34. The lowest BCUT2D eigenvalue weighted by Gasteiger charge is -2.27. The number of ether oxygens (including phenoxy) is 1. The van der Waals surface area contributed by atoms with Crippen LogP contribution in [0.15, 0.2) is 42.5 Å². The fraction of sp³-hybridized carbons (Fsp3) is 0.200. The number of carboxylic acids is 1. The van der Waals surface area contributed by atoms with Crippen molar-refractivity contribution in [1.82, 2.24) is 0 Å². The number of rotatable bonds is 7. The minimum atomic E-state index is -1.87. The number of phenolic OH excluding ortho intramolecular Hbond substituents is 4.